The van der Waals surface area contributed by atoms with E-state index in [1.54, 1.807) is 42.9 Å². The molecule has 1 N–H and O–H groups in total. The molecular formula is C24H23F2N3O5. The summed E-state index contributed by atoms with van der Waals surface area (Å²) in [4.78, 5) is 37.5. The van der Waals surface area contributed by atoms with Gasteiger partial charge in [-0.1, -0.05) is 30.3 Å². The van der Waals surface area contributed by atoms with E-state index in [4.69, 9.17) is 4.74 Å². The molecule has 0 saturated heterocycles. The van der Waals surface area contributed by atoms with E-state index in [9.17, 15) is 23.2 Å². The van der Waals surface area contributed by atoms with Crippen molar-refractivity contribution in [2.24, 2.45) is 7.05 Å². The van der Waals surface area contributed by atoms with Gasteiger partial charge in [-0.05, 0) is 49.8 Å². The minimum atomic E-state index is -2.93. The second-order valence-corrected chi connectivity index (χ2v) is 7.29. The van der Waals surface area contributed by atoms with Gasteiger partial charge < -0.3 is 14.8 Å². The number of ether oxygens (including phenoxy) is 2. The number of alkyl halides is 2. The number of anilines is 1. The van der Waals surface area contributed by atoms with Crippen LogP contribution in [0, 0.1) is 6.92 Å². The largest absolute Gasteiger partial charge is 0.449 e. The third-order valence-electron chi connectivity index (χ3n) is 4.98. The van der Waals surface area contributed by atoms with E-state index in [1.165, 1.54) is 41.9 Å². The first-order chi connectivity index (χ1) is 16.2. The summed E-state index contributed by atoms with van der Waals surface area (Å²) in [5.41, 5.74) is 1.37. The van der Waals surface area contributed by atoms with Crippen LogP contribution in [0.4, 0.5) is 14.5 Å². The molecule has 1 amide bonds. The average Bonchev–Trinajstić information content (AvgIpc) is 3.01. The zero-order chi connectivity index (χ0) is 24.8. The first-order valence-corrected chi connectivity index (χ1v) is 10.3. The molecule has 1 atom stereocenters. The molecule has 0 aliphatic heterocycles. The predicted molar refractivity (Wildman–Crippen MR) is 122 cm³/mol. The number of nitrogens with one attached hydrogen (secondary N) is 1. The molecule has 0 aliphatic rings. The second kappa shape index (κ2) is 10.6. The summed E-state index contributed by atoms with van der Waals surface area (Å²) >= 11 is 0. The Morgan fingerprint density at radius 3 is 2.32 bits per heavy atom. The minimum Gasteiger partial charge on any atom is -0.449 e. The van der Waals surface area contributed by atoms with Gasteiger partial charge in [-0.3, -0.25) is 14.3 Å². The van der Waals surface area contributed by atoms with Crippen molar-refractivity contribution in [3.8, 4) is 11.4 Å². The van der Waals surface area contributed by atoms with Crippen LogP contribution in [0.25, 0.3) is 11.8 Å². The monoisotopic (exact) mass is 471 g/mol. The van der Waals surface area contributed by atoms with E-state index in [-0.39, 0.29) is 11.4 Å². The molecule has 3 aromatic rings. The molecule has 0 aliphatic carbocycles. The topological polar surface area (TPSA) is 91.6 Å². The number of esters is 1. The van der Waals surface area contributed by atoms with E-state index >= 15 is 0 Å². The molecule has 178 valence electrons. The van der Waals surface area contributed by atoms with E-state index in [0.717, 1.165) is 6.08 Å². The van der Waals surface area contributed by atoms with Crippen LogP contribution in [0.15, 0.2) is 65.5 Å². The first kappa shape index (κ1) is 24.4. The fourth-order valence-electron chi connectivity index (χ4n) is 3.13. The van der Waals surface area contributed by atoms with Gasteiger partial charge in [-0.2, -0.15) is 8.78 Å². The van der Waals surface area contributed by atoms with Crippen molar-refractivity contribution in [2.75, 3.05) is 5.32 Å². The average molecular weight is 471 g/mol. The van der Waals surface area contributed by atoms with Gasteiger partial charge in [-0.25, -0.2) is 9.48 Å². The molecule has 3 rings (SSSR count). The van der Waals surface area contributed by atoms with E-state index in [0.29, 0.717) is 16.9 Å². The van der Waals surface area contributed by atoms with Crippen LogP contribution >= 0.6 is 0 Å². The number of nitrogens with zero attached hydrogens (tertiary/aromatic N) is 2. The summed E-state index contributed by atoms with van der Waals surface area (Å²) in [7, 11) is 1.69. The second-order valence-electron chi connectivity index (χ2n) is 7.29. The fraction of sp³-hybridized carbons (Fsp3) is 0.208. The highest BCUT2D eigenvalue weighted by Gasteiger charge is 2.22. The van der Waals surface area contributed by atoms with Crippen LogP contribution in [-0.2, 0) is 21.4 Å². The number of hydrogen-bond donors (Lipinski definition) is 1. The van der Waals surface area contributed by atoms with E-state index in [2.05, 4.69) is 10.1 Å². The molecule has 0 bridgehead atoms. The molecule has 0 unspecified atom stereocenters. The Balaban J connectivity index is 1.63. The number of carbonyl (C=O) groups is 2. The summed E-state index contributed by atoms with van der Waals surface area (Å²) in [5.74, 6) is -1.47. The number of halogens is 2. The summed E-state index contributed by atoms with van der Waals surface area (Å²) in [5, 5.41) is 2.54. The van der Waals surface area contributed by atoms with Crippen LogP contribution in [-0.4, -0.2) is 34.0 Å². The van der Waals surface area contributed by atoms with Crippen LogP contribution in [0.3, 0.4) is 0 Å². The highest BCUT2D eigenvalue weighted by Crippen LogP contribution is 2.16. The van der Waals surface area contributed by atoms with Crippen LogP contribution < -0.4 is 15.6 Å². The van der Waals surface area contributed by atoms with Crippen molar-refractivity contribution in [2.45, 2.75) is 26.6 Å². The summed E-state index contributed by atoms with van der Waals surface area (Å²) in [6, 6.07) is 14.6. The Morgan fingerprint density at radius 2 is 1.71 bits per heavy atom. The molecular weight excluding hydrogens is 448 g/mol. The number of hydrogen-bond acceptors (Lipinski definition) is 5. The van der Waals surface area contributed by atoms with Gasteiger partial charge >= 0.3 is 12.6 Å². The Morgan fingerprint density at radius 1 is 1.06 bits per heavy atom. The Labute approximate surface area is 194 Å². The van der Waals surface area contributed by atoms with Gasteiger partial charge in [-0.15, -0.1) is 0 Å². The molecule has 1 heterocycles. The lowest BCUT2D eigenvalue weighted by Gasteiger charge is -2.11. The normalized spacial score (nSPS) is 12.1. The number of carbonyl (C=O) groups excluding carboxylic acids is 2. The van der Waals surface area contributed by atoms with Crippen molar-refractivity contribution in [3.05, 3.63) is 82.3 Å². The molecule has 2 aromatic carbocycles. The van der Waals surface area contributed by atoms with Gasteiger partial charge in [0.1, 0.15) is 11.4 Å². The Bertz CT molecular complexity index is 1250. The highest BCUT2D eigenvalue weighted by molar-refractivity contribution is 5.97. The highest BCUT2D eigenvalue weighted by atomic mass is 19.3. The number of amides is 1. The Kier molecular flexibility index (Phi) is 7.62. The lowest BCUT2D eigenvalue weighted by atomic mass is 10.2. The maximum absolute atomic E-state index is 12.9. The zero-order valence-corrected chi connectivity index (χ0v) is 18.7. The van der Waals surface area contributed by atoms with Crippen molar-refractivity contribution in [3.63, 3.8) is 0 Å². The van der Waals surface area contributed by atoms with Crippen LogP contribution in [0.2, 0.25) is 0 Å². The van der Waals surface area contributed by atoms with Crippen molar-refractivity contribution >= 4 is 23.6 Å². The SMILES string of the molecule is Cc1c(NC(=O)[C@@H](C)OC(=O)/C=C\c2ccc(OC(F)F)cc2)c(=O)n(-c2ccccc2)n1C. The molecule has 34 heavy (non-hydrogen) atoms. The predicted octanol–water partition coefficient (Wildman–Crippen LogP) is 3.67. The van der Waals surface area contributed by atoms with Gasteiger partial charge in [0, 0.05) is 13.1 Å². The molecule has 1 aromatic heterocycles. The Hall–Kier alpha value is -4.21. The maximum atomic E-state index is 12.9. The minimum absolute atomic E-state index is 0.0115. The number of para-hydroxylation sites is 1. The smallest absolute Gasteiger partial charge is 0.387 e. The molecule has 0 radical (unpaired) electrons. The lowest BCUT2D eigenvalue weighted by Crippen LogP contribution is -2.31. The van der Waals surface area contributed by atoms with E-state index in [1.807, 2.05) is 6.07 Å². The fourth-order valence-corrected chi connectivity index (χ4v) is 3.13. The number of rotatable bonds is 8. The molecule has 0 fully saturated rings. The van der Waals surface area contributed by atoms with Crippen LogP contribution in [0.1, 0.15) is 18.2 Å². The maximum Gasteiger partial charge on any atom is 0.387 e. The molecule has 0 saturated carbocycles. The summed E-state index contributed by atoms with van der Waals surface area (Å²) in [6.45, 7) is 0.142. The van der Waals surface area contributed by atoms with Gasteiger partial charge in [0.25, 0.3) is 11.5 Å². The van der Waals surface area contributed by atoms with Crippen molar-refractivity contribution < 1.29 is 27.8 Å². The first-order valence-electron chi connectivity index (χ1n) is 10.3. The molecule has 0 spiro atoms. The standard InChI is InChI=1S/C24H23F2N3O5/c1-15-21(23(32)29(28(15)3)18-7-5-4-6-8-18)27-22(31)16(2)33-20(30)14-11-17-9-12-19(13-10-17)34-24(25)26/h4-14,16,24H,1-3H3,(H,27,31)/b14-11-/t16-/m1/s1. The third kappa shape index (κ3) is 5.77. The van der Waals surface area contributed by atoms with Gasteiger partial charge in [0.2, 0.25) is 0 Å². The zero-order valence-electron chi connectivity index (χ0n) is 18.7. The van der Waals surface area contributed by atoms with Crippen LogP contribution in [0.5, 0.6) is 5.75 Å². The van der Waals surface area contributed by atoms with Crippen molar-refractivity contribution in [1.82, 2.24) is 9.36 Å². The summed E-state index contributed by atoms with van der Waals surface area (Å²) < 4.78 is 36.8. The number of benzene rings is 2. The van der Waals surface area contributed by atoms with E-state index < -0.39 is 30.2 Å². The summed E-state index contributed by atoms with van der Waals surface area (Å²) in [6.07, 6.45) is 1.32. The lowest BCUT2D eigenvalue weighted by molar-refractivity contribution is -0.148. The van der Waals surface area contributed by atoms with Crippen molar-refractivity contribution in [1.29, 1.82) is 0 Å². The quantitative estimate of drug-likeness (QED) is 0.400. The third-order valence-corrected chi connectivity index (χ3v) is 4.98. The number of aromatic nitrogens is 2. The molecule has 8 nitrogen and oxygen atoms in total. The molecule has 10 heteroatoms. The van der Waals surface area contributed by atoms with Gasteiger partial charge in [0.15, 0.2) is 6.10 Å². The van der Waals surface area contributed by atoms with Gasteiger partial charge in [0.05, 0.1) is 11.4 Å².